The zero-order valence-corrected chi connectivity index (χ0v) is 18.5. The Balaban J connectivity index is 1.64. The number of aliphatic hydroxyl groups excluding tert-OH is 1. The van der Waals surface area contributed by atoms with Crippen LogP contribution in [0.2, 0.25) is 0 Å². The number of carbonyl (C=O) groups is 1. The van der Waals surface area contributed by atoms with Gasteiger partial charge in [-0.25, -0.2) is 15.0 Å². The predicted molar refractivity (Wildman–Crippen MR) is 121 cm³/mol. The molecule has 0 saturated carbocycles. The molecule has 10 nitrogen and oxygen atoms in total. The van der Waals surface area contributed by atoms with Crippen molar-refractivity contribution in [3.05, 3.63) is 47.7 Å². The monoisotopic (exact) mass is 454 g/mol. The van der Waals surface area contributed by atoms with Gasteiger partial charge in [0.2, 0.25) is 5.89 Å². The van der Waals surface area contributed by atoms with Crippen LogP contribution in [0, 0.1) is 6.92 Å². The number of aliphatic hydroxyl groups is 2. The molecule has 0 unspecified atom stereocenters. The number of rotatable bonds is 7. The first-order valence-electron chi connectivity index (χ1n) is 9.83. The van der Waals surface area contributed by atoms with Crippen LogP contribution in [-0.4, -0.2) is 49.2 Å². The number of hydrogen-bond donors (Lipinski definition) is 4. The SMILES string of the molecule is Cc1cc(-c2nc(C(=O)Nc3cc4sc(NCCO)nc4nc3C(C)(C)O)co2)ccn1. The first-order chi connectivity index (χ1) is 15.2. The van der Waals surface area contributed by atoms with Crippen molar-refractivity contribution >= 4 is 38.4 Å². The number of nitrogens with one attached hydrogen (secondary N) is 2. The Labute approximate surface area is 187 Å². The van der Waals surface area contributed by atoms with Crippen LogP contribution < -0.4 is 10.6 Å². The van der Waals surface area contributed by atoms with Gasteiger partial charge in [0.25, 0.3) is 5.91 Å². The molecule has 4 aromatic heterocycles. The lowest BCUT2D eigenvalue weighted by atomic mass is 10.0. The molecule has 11 heteroatoms. The Bertz CT molecular complexity index is 1280. The van der Waals surface area contributed by atoms with Crippen molar-refractivity contribution in [2.45, 2.75) is 26.4 Å². The van der Waals surface area contributed by atoms with Crippen LogP contribution >= 0.6 is 11.3 Å². The number of hydrogen-bond acceptors (Lipinski definition) is 10. The highest BCUT2D eigenvalue weighted by Crippen LogP contribution is 2.33. The van der Waals surface area contributed by atoms with Crippen molar-refractivity contribution in [1.29, 1.82) is 0 Å². The van der Waals surface area contributed by atoms with Gasteiger partial charge < -0.3 is 25.3 Å². The fourth-order valence-electron chi connectivity index (χ4n) is 3.04. The number of nitrogens with zero attached hydrogens (tertiary/aromatic N) is 4. The average molecular weight is 455 g/mol. The van der Waals surface area contributed by atoms with E-state index in [9.17, 15) is 9.90 Å². The maximum Gasteiger partial charge on any atom is 0.277 e. The molecule has 4 heterocycles. The summed E-state index contributed by atoms with van der Waals surface area (Å²) in [7, 11) is 0. The molecular formula is C21H22N6O4S. The Kier molecular flexibility index (Phi) is 5.87. The molecular weight excluding hydrogens is 432 g/mol. The highest BCUT2D eigenvalue weighted by atomic mass is 32.1. The van der Waals surface area contributed by atoms with Crippen molar-refractivity contribution in [1.82, 2.24) is 19.9 Å². The van der Waals surface area contributed by atoms with E-state index in [2.05, 4.69) is 30.6 Å². The van der Waals surface area contributed by atoms with Crippen LogP contribution in [0.3, 0.4) is 0 Å². The van der Waals surface area contributed by atoms with E-state index in [-0.39, 0.29) is 18.0 Å². The summed E-state index contributed by atoms with van der Waals surface area (Å²) in [5, 5.41) is 26.0. The zero-order valence-electron chi connectivity index (χ0n) is 17.7. The molecule has 32 heavy (non-hydrogen) atoms. The molecule has 166 valence electrons. The predicted octanol–water partition coefficient (Wildman–Crippen LogP) is 2.93. The smallest absolute Gasteiger partial charge is 0.277 e. The summed E-state index contributed by atoms with van der Waals surface area (Å²) >= 11 is 1.33. The highest BCUT2D eigenvalue weighted by molar-refractivity contribution is 7.22. The number of aryl methyl sites for hydroxylation is 1. The molecule has 0 spiro atoms. The van der Waals surface area contributed by atoms with Gasteiger partial charge in [0.15, 0.2) is 16.5 Å². The van der Waals surface area contributed by atoms with Gasteiger partial charge in [0.1, 0.15) is 11.9 Å². The number of fused-ring (bicyclic) bond motifs is 1. The Morgan fingerprint density at radius 1 is 1.25 bits per heavy atom. The number of thiazole rings is 1. The third kappa shape index (κ3) is 4.59. The number of oxazole rings is 1. The van der Waals surface area contributed by atoms with Crippen LogP contribution in [0.1, 0.15) is 35.7 Å². The van der Waals surface area contributed by atoms with Crippen molar-refractivity contribution in [3.63, 3.8) is 0 Å². The van der Waals surface area contributed by atoms with Crippen molar-refractivity contribution < 1.29 is 19.4 Å². The summed E-state index contributed by atoms with van der Waals surface area (Å²) in [6, 6.07) is 5.27. The lowest BCUT2D eigenvalue weighted by Crippen LogP contribution is -2.22. The molecule has 4 aromatic rings. The van der Waals surface area contributed by atoms with E-state index in [1.54, 1.807) is 32.2 Å². The first-order valence-corrected chi connectivity index (χ1v) is 10.7. The maximum atomic E-state index is 12.9. The van der Waals surface area contributed by atoms with Gasteiger partial charge in [0, 0.05) is 24.0 Å². The summed E-state index contributed by atoms with van der Waals surface area (Å²) in [5.74, 6) is -0.195. The second-order valence-corrected chi connectivity index (χ2v) is 8.64. The second kappa shape index (κ2) is 8.61. The van der Waals surface area contributed by atoms with Gasteiger partial charge in [-0.1, -0.05) is 11.3 Å². The topological polar surface area (TPSA) is 146 Å². The van der Waals surface area contributed by atoms with Gasteiger partial charge in [-0.15, -0.1) is 0 Å². The van der Waals surface area contributed by atoms with Gasteiger partial charge in [-0.2, -0.15) is 0 Å². The molecule has 0 saturated heterocycles. The fourth-order valence-corrected chi connectivity index (χ4v) is 3.91. The number of amides is 1. The molecule has 4 rings (SSSR count). The number of anilines is 2. The molecule has 0 aliphatic carbocycles. The van der Waals surface area contributed by atoms with Crippen molar-refractivity contribution in [2.75, 3.05) is 23.8 Å². The highest BCUT2D eigenvalue weighted by Gasteiger charge is 2.26. The molecule has 0 fully saturated rings. The number of carbonyl (C=O) groups excluding carboxylic acids is 1. The van der Waals surface area contributed by atoms with Gasteiger partial charge >= 0.3 is 0 Å². The summed E-state index contributed by atoms with van der Waals surface area (Å²) in [5.41, 5.74) is 1.32. The Hall–Kier alpha value is -3.41. The largest absolute Gasteiger partial charge is 0.444 e. The third-order valence-corrected chi connectivity index (χ3v) is 5.43. The van der Waals surface area contributed by atoms with E-state index in [0.29, 0.717) is 39.2 Å². The van der Waals surface area contributed by atoms with Crippen molar-refractivity contribution in [3.8, 4) is 11.5 Å². The molecule has 0 bridgehead atoms. The molecule has 0 aliphatic rings. The average Bonchev–Trinajstić information content (AvgIpc) is 3.38. The lowest BCUT2D eigenvalue weighted by Gasteiger charge is -2.20. The second-order valence-electron chi connectivity index (χ2n) is 7.61. The molecule has 1 amide bonds. The molecule has 0 aromatic carbocycles. The molecule has 4 N–H and O–H groups in total. The third-order valence-electron chi connectivity index (χ3n) is 4.48. The van der Waals surface area contributed by atoms with Gasteiger partial charge in [-0.05, 0) is 39.0 Å². The summed E-state index contributed by atoms with van der Waals surface area (Å²) in [6.07, 6.45) is 2.92. The fraction of sp³-hybridized carbons (Fsp3) is 0.286. The minimum Gasteiger partial charge on any atom is -0.444 e. The van der Waals surface area contributed by atoms with E-state index in [1.165, 1.54) is 17.6 Å². The lowest BCUT2D eigenvalue weighted by molar-refractivity contribution is 0.0749. The summed E-state index contributed by atoms with van der Waals surface area (Å²) in [6.45, 7) is 5.33. The van der Waals surface area contributed by atoms with Crippen LogP contribution in [0.15, 0.2) is 35.1 Å². The van der Waals surface area contributed by atoms with E-state index in [4.69, 9.17) is 9.52 Å². The van der Waals surface area contributed by atoms with E-state index in [1.807, 2.05) is 13.0 Å². The van der Waals surface area contributed by atoms with Crippen molar-refractivity contribution in [2.24, 2.45) is 0 Å². The van der Waals surface area contributed by atoms with Crippen LogP contribution in [0.4, 0.5) is 10.8 Å². The Morgan fingerprint density at radius 3 is 2.78 bits per heavy atom. The van der Waals surface area contributed by atoms with Gasteiger partial charge in [-0.3, -0.25) is 9.78 Å². The van der Waals surface area contributed by atoms with Crippen LogP contribution in [0.25, 0.3) is 21.8 Å². The van der Waals surface area contributed by atoms with E-state index in [0.717, 1.165) is 5.69 Å². The Morgan fingerprint density at radius 2 is 2.06 bits per heavy atom. The van der Waals surface area contributed by atoms with E-state index < -0.39 is 11.5 Å². The molecule has 0 radical (unpaired) electrons. The maximum absolute atomic E-state index is 12.9. The number of pyridine rings is 2. The first kappa shape index (κ1) is 21.8. The van der Waals surface area contributed by atoms with Crippen LogP contribution in [-0.2, 0) is 5.60 Å². The minimum absolute atomic E-state index is 0.0294. The van der Waals surface area contributed by atoms with Crippen LogP contribution in [0.5, 0.6) is 0 Å². The molecule has 0 atom stereocenters. The molecule has 0 aliphatic heterocycles. The van der Waals surface area contributed by atoms with Gasteiger partial charge in [0.05, 0.1) is 22.7 Å². The standard InChI is InChI=1S/C21H22N6O4S/c1-11-8-12(4-5-22-11)19-25-14(10-31-19)18(29)24-13-9-15-17(26-16(13)21(2,3)30)27-20(32-15)23-6-7-28/h4-5,8-10,28,30H,6-7H2,1-3H3,(H,24,29)(H,23,26,27). The summed E-state index contributed by atoms with van der Waals surface area (Å²) < 4.78 is 6.18. The van der Waals surface area contributed by atoms with E-state index >= 15 is 0 Å². The number of aromatic nitrogens is 4. The minimum atomic E-state index is -1.33. The summed E-state index contributed by atoms with van der Waals surface area (Å²) in [4.78, 5) is 30.1. The zero-order chi connectivity index (χ0) is 22.9. The normalized spacial score (nSPS) is 11.7. The quantitative estimate of drug-likeness (QED) is 0.331.